The van der Waals surface area contributed by atoms with E-state index in [-0.39, 0.29) is 11.1 Å². The molecule has 142 valence electrons. The number of H-pyrrole nitrogens is 1. The van der Waals surface area contributed by atoms with Gasteiger partial charge in [0, 0.05) is 18.1 Å². The SMILES string of the molecule is Cc1nn2c(nnc3c(=O)[nH]c(N4CCCCC4)nc32)c1-c1ccc(Cl)cc1. The highest BCUT2D eigenvalue weighted by Gasteiger charge is 2.20. The molecule has 0 atom stereocenters. The van der Waals surface area contributed by atoms with Crippen LogP contribution in [0.25, 0.3) is 27.9 Å². The molecule has 28 heavy (non-hydrogen) atoms. The van der Waals surface area contributed by atoms with Crippen LogP contribution in [-0.2, 0) is 0 Å². The minimum atomic E-state index is -0.304. The highest BCUT2D eigenvalue weighted by molar-refractivity contribution is 6.30. The topological polar surface area (TPSA) is 92.1 Å². The molecule has 0 unspecified atom stereocenters. The third kappa shape index (κ3) is 2.72. The number of nitrogens with one attached hydrogen (secondary N) is 1. The Morgan fingerprint density at radius 3 is 2.54 bits per heavy atom. The van der Waals surface area contributed by atoms with Gasteiger partial charge in [0.05, 0.1) is 11.3 Å². The predicted molar refractivity (Wildman–Crippen MR) is 108 cm³/mol. The molecule has 0 amide bonds. The zero-order valence-electron chi connectivity index (χ0n) is 15.3. The summed E-state index contributed by atoms with van der Waals surface area (Å²) in [7, 11) is 0. The number of aromatic amines is 1. The number of nitrogens with zero attached hydrogens (tertiary/aromatic N) is 6. The molecule has 4 heterocycles. The summed E-state index contributed by atoms with van der Waals surface area (Å²) in [5.41, 5.74) is 3.43. The van der Waals surface area contributed by atoms with E-state index in [1.165, 1.54) is 6.42 Å². The Labute approximate surface area is 165 Å². The van der Waals surface area contributed by atoms with Crippen LogP contribution in [0.2, 0.25) is 5.02 Å². The van der Waals surface area contributed by atoms with Crippen molar-refractivity contribution in [1.82, 2.24) is 29.8 Å². The number of benzene rings is 1. The van der Waals surface area contributed by atoms with E-state index in [0.717, 1.165) is 42.8 Å². The molecular formula is C19H18ClN7O. The van der Waals surface area contributed by atoms with Crippen molar-refractivity contribution in [3.05, 3.63) is 45.3 Å². The molecule has 1 aromatic carbocycles. The molecule has 0 aliphatic carbocycles. The third-order valence-corrected chi connectivity index (χ3v) is 5.39. The Morgan fingerprint density at radius 1 is 1.04 bits per heavy atom. The fourth-order valence-electron chi connectivity index (χ4n) is 3.74. The van der Waals surface area contributed by atoms with Gasteiger partial charge in [-0.2, -0.15) is 14.6 Å². The Bertz CT molecular complexity index is 1240. The molecule has 8 nitrogen and oxygen atoms in total. The average molecular weight is 396 g/mol. The van der Waals surface area contributed by atoms with Gasteiger partial charge < -0.3 is 4.90 Å². The molecule has 3 aromatic heterocycles. The first-order chi connectivity index (χ1) is 13.6. The van der Waals surface area contributed by atoms with E-state index in [2.05, 4.69) is 25.2 Å². The van der Waals surface area contributed by atoms with Crippen LogP contribution in [0.3, 0.4) is 0 Å². The standard InChI is InChI=1S/C19H18ClN7O/c1-11-14(12-5-7-13(20)8-6-12)16-24-23-15-17(27(16)25-11)21-19(22-18(15)28)26-9-3-2-4-10-26/h5-8H,2-4,9-10H2,1H3,(H,21,22,28). The Balaban J connectivity index is 1.75. The van der Waals surface area contributed by atoms with E-state index in [1.54, 1.807) is 4.52 Å². The first-order valence-corrected chi connectivity index (χ1v) is 9.66. The van der Waals surface area contributed by atoms with Crippen LogP contribution in [0.15, 0.2) is 29.1 Å². The van der Waals surface area contributed by atoms with E-state index >= 15 is 0 Å². The van der Waals surface area contributed by atoms with E-state index in [4.69, 9.17) is 16.6 Å². The van der Waals surface area contributed by atoms with Gasteiger partial charge in [0.15, 0.2) is 16.8 Å². The molecular weight excluding hydrogens is 378 g/mol. The van der Waals surface area contributed by atoms with Crippen molar-refractivity contribution in [2.45, 2.75) is 26.2 Å². The van der Waals surface area contributed by atoms with E-state index in [9.17, 15) is 4.79 Å². The third-order valence-electron chi connectivity index (χ3n) is 5.13. The van der Waals surface area contributed by atoms with Gasteiger partial charge in [-0.15, -0.1) is 10.2 Å². The van der Waals surface area contributed by atoms with Crippen LogP contribution in [0.1, 0.15) is 25.0 Å². The molecule has 1 aliphatic rings. The summed E-state index contributed by atoms with van der Waals surface area (Å²) in [6.07, 6.45) is 3.38. The first-order valence-electron chi connectivity index (χ1n) is 9.29. The minimum absolute atomic E-state index is 0.179. The summed E-state index contributed by atoms with van der Waals surface area (Å²) in [4.78, 5) is 22.3. The summed E-state index contributed by atoms with van der Waals surface area (Å²) in [5, 5.41) is 13.7. The van der Waals surface area contributed by atoms with E-state index in [0.29, 0.717) is 22.3 Å². The van der Waals surface area contributed by atoms with Gasteiger partial charge in [0.1, 0.15) is 0 Å². The quantitative estimate of drug-likeness (QED) is 0.561. The zero-order valence-corrected chi connectivity index (χ0v) is 16.1. The number of anilines is 1. The number of halogens is 1. The number of aromatic nitrogens is 6. The van der Waals surface area contributed by atoms with Crippen molar-refractivity contribution >= 4 is 34.4 Å². The van der Waals surface area contributed by atoms with Gasteiger partial charge in [0.2, 0.25) is 5.95 Å². The molecule has 1 N–H and O–H groups in total. The highest BCUT2D eigenvalue weighted by atomic mass is 35.5. The van der Waals surface area contributed by atoms with Crippen LogP contribution >= 0.6 is 11.6 Å². The maximum atomic E-state index is 12.6. The van der Waals surface area contributed by atoms with Crippen LogP contribution < -0.4 is 10.5 Å². The number of hydrogen-bond acceptors (Lipinski definition) is 6. The number of aryl methyl sites for hydroxylation is 1. The summed E-state index contributed by atoms with van der Waals surface area (Å²) >= 11 is 6.02. The van der Waals surface area contributed by atoms with E-state index < -0.39 is 0 Å². The number of fused-ring (bicyclic) bond motifs is 3. The summed E-state index contributed by atoms with van der Waals surface area (Å²) in [6.45, 7) is 3.66. The zero-order chi connectivity index (χ0) is 19.3. The van der Waals surface area contributed by atoms with Crippen molar-refractivity contribution in [2.75, 3.05) is 18.0 Å². The summed E-state index contributed by atoms with van der Waals surface area (Å²) in [6, 6.07) is 7.49. The van der Waals surface area contributed by atoms with Gasteiger partial charge in [-0.3, -0.25) is 9.78 Å². The largest absolute Gasteiger partial charge is 0.342 e. The predicted octanol–water partition coefficient (Wildman–Crippen LogP) is 2.98. The smallest absolute Gasteiger partial charge is 0.282 e. The monoisotopic (exact) mass is 395 g/mol. The second-order valence-electron chi connectivity index (χ2n) is 7.01. The lowest BCUT2D eigenvalue weighted by Gasteiger charge is -2.26. The number of hydrogen-bond donors (Lipinski definition) is 1. The first kappa shape index (κ1) is 17.1. The van der Waals surface area contributed by atoms with Crippen molar-refractivity contribution in [3.63, 3.8) is 0 Å². The van der Waals surface area contributed by atoms with Crippen molar-refractivity contribution in [1.29, 1.82) is 0 Å². The number of piperidine rings is 1. The molecule has 0 saturated carbocycles. The van der Waals surface area contributed by atoms with Crippen molar-refractivity contribution < 1.29 is 0 Å². The van der Waals surface area contributed by atoms with Gasteiger partial charge in [0.25, 0.3) is 5.56 Å². The van der Waals surface area contributed by atoms with Gasteiger partial charge in [-0.25, -0.2) is 0 Å². The maximum absolute atomic E-state index is 12.6. The Hall–Kier alpha value is -3.00. The average Bonchev–Trinajstić information content (AvgIpc) is 3.05. The lowest BCUT2D eigenvalue weighted by molar-refractivity contribution is 0.568. The Kier molecular flexibility index (Phi) is 4.01. The minimum Gasteiger partial charge on any atom is -0.342 e. The normalized spacial score (nSPS) is 14.9. The fraction of sp³-hybridized carbons (Fsp3) is 0.316. The van der Waals surface area contributed by atoms with Crippen LogP contribution in [0.4, 0.5) is 5.95 Å². The fourth-order valence-corrected chi connectivity index (χ4v) is 3.87. The highest BCUT2D eigenvalue weighted by Crippen LogP contribution is 2.29. The molecule has 4 aromatic rings. The van der Waals surface area contributed by atoms with Gasteiger partial charge in [-0.05, 0) is 43.9 Å². The lowest BCUT2D eigenvalue weighted by atomic mass is 10.1. The van der Waals surface area contributed by atoms with Crippen LogP contribution in [0.5, 0.6) is 0 Å². The van der Waals surface area contributed by atoms with Crippen molar-refractivity contribution in [3.8, 4) is 11.1 Å². The van der Waals surface area contributed by atoms with Gasteiger partial charge >= 0.3 is 0 Å². The Morgan fingerprint density at radius 2 is 1.79 bits per heavy atom. The second kappa shape index (κ2) is 6.56. The molecule has 9 heteroatoms. The summed E-state index contributed by atoms with van der Waals surface area (Å²) in [5.74, 6) is 0.563. The van der Waals surface area contributed by atoms with E-state index in [1.807, 2.05) is 31.2 Å². The summed E-state index contributed by atoms with van der Waals surface area (Å²) < 4.78 is 1.62. The van der Waals surface area contributed by atoms with Crippen LogP contribution in [0, 0.1) is 6.92 Å². The maximum Gasteiger partial charge on any atom is 0.282 e. The number of rotatable bonds is 2. The van der Waals surface area contributed by atoms with Gasteiger partial charge in [-0.1, -0.05) is 23.7 Å². The molecule has 0 bridgehead atoms. The lowest BCUT2D eigenvalue weighted by Crippen LogP contribution is -2.32. The molecule has 1 saturated heterocycles. The molecule has 5 rings (SSSR count). The molecule has 1 aliphatic heterocycles. The second-order valence-corrected chi connectivity index (χ2v) is 7.45. The molecule has 0 spiro atoms. The van der Waals surface area contributed by atoms with Crippen LogP contribution in [-0.4, -0.2) is 42.9 Å². The van der Waals surface area contributed by atoms with Crippen molar-refractivity contribution in [2.24, 2.45) is 0 Å². The molecule has 0 radical (unpaired) electrons. The molecule has 1 fully saturated rings.